The quantitative estimate of drug-likeness (QED) is 0.686. The van der Waals surface area contributed by atoms with E-state index in [2.05, 4.69) is 0 Å². The van der Waals surface area contributed by atoms with Crippen molar-refractivity contribution >= 4 is 17.1 Å². The molecule has 68 valence electrons. The minimum atomic E-state index is -0.765. The van der Waals surface area contributed by atoms with Crippen LogP contribution in [0.15, 0.2) is 23.8 Å². The van der Waals surface area contributed by atoms with Crippen molar-refractivity contribution in [3.63, 3.8) is 0 Å². The molecule has 0 aliphatic carbocycles. The van der Waals surface area contributed by atoms with Crippen LogP contribution in [0.25, 0.3) is 0 Å². The normalized spacial score (nSPS) is 26.5. The zero-order valence-corrected chi connectivity index (χ0v) is 8.35. The van der Waals surface area contributed by atoms with E-state index in [-0.39, 0.29) is 5.78 Å². The largest absolute Gasteiger partial charge is 0.481 e. The molecule has 2 nitrogen and oxygen atoms in total. The molecule has 1 atom stereocenters. The zero-order chi connectivity index (χ0) is 9.47. The molecule has 0 fully saturated rings. The molecule has 13 heavy (non-hydrogen) atoms. The van der Waals surface area contributed by atoms with E-state index < -0.39 is 5.60 Å². The molecule has 0 amide bonds. The van der Waals surface area contributed by atoms with Crippen molar-refractivity contribution in [1.29, 1.82) is 0 Å². The lowest BCUT2D eigenvalue weighted by Crippen LogP contribution is -2.27. The fourth-order valence-corrected chi connectivity index (χ4v) is 2.32. The Balaban J connectivity index is 2.41. The SMILES string of the molecule is Cc1csc(C2(C)OC=CC2=O)c1. The summed E-state index contributed by atoms with van der Waals surface area (Å²) in [7, 11) is 0. The van der Waals surface area contributed by atoms with Crippen molar-refractivity contribution < 1.29 is 9.53 Å². The van der Waals surface area contributed by atoms with Gasteiger partial charge in [0.1, 0.15) is 0 Å². The van der Waals surface area contributed by atoms with Gasteiger partial charge in [0.05, 0.1) is 11.1 Å². The summed E-state index contributed by atoms with van der Waals surface area (Å²) in [5.74, 6) is 0.0225. The summed E-state index contributed by atoms with van der Waals surface area (Å²) in [4.78, 5) is 12.5. The van der Waals surface area contributed by atoms with Gasteiger partial charge in [-0.2, -0.15) is 0 Å². The number of hydrogen-bond donors (Lipinski definition) is 0. The van der Waals surface area contributed by atoms with Crippen molar-refractivity contribution in [1.82, 2.24) is 0 Å². The van der Waals surface area contributed by atoms with Gasteiger partial charge in [-0.3, -0.25) is 4.79 Å². The van der Waals surface area contributed by atoms with E-state index in [0.717, 1.165) is 4.88 Å². The number of ketones is 1. The molecular weight excluding hydrogens is 184 g/mol. The number of rotatable bonds is 1. The van der Waals surface area contributed by atoms with Gasteiger partial charge >= 0.3 is 0 Å². The Morgan fingerprint density at radius 1 is 1.54 bits per heavy atom. The Kier molecular flexibility index (Phi) is 1.77. The van der Waals surface area contributed by atoms with E-state index in [4.69, 9.17) is 4.74 Å². The highest BCUT2D eigenvalue weighted by molar-refractivity contribution is 7.10. The van der Waals surface area contributed by atoms with Gasteiger partial charge in [0, 0.05) is 6.08 Å². The Morgan fingerprint density at radius 2 is 2.31 bits per heavy atom. The molecule has 1 aromatic heterocycles. The van der Waals surface area contributed by atoms with Crippen LogP contribution in [0.3, 0.4) is 0 Å². The van der Waals surface area contributed by atoms with Crippen molar-refractivity contribution in [2.45, 2.75) is 19.4 Å². The molecule has 0 saturated heterocycles. The van der Waals surface area contributed by atoms with Gasteiger partial charge in [0.2, 0.25) is 11.4 Å². The third-order valence-electron chi connectivity index (χ3n) is 2.19. The molecule has 1 aliphatic rings. The number of carbonyl (C=O) groups excluding carboxylic acids is 1. The van der Waals surface area contributed by atoms with Gasteiger partial charge in [0.25, 0.3) is 0 Å². The number of carbonyl (C=O) groups is 1. The smallest absolute Gasteiger partial charge is 0.207 e. The first-order chi connectivity index (χ1) is 6.13. The van der Waals surface area contributed by atoms with E-state index in [1.807, 2.05) is 18.4 Å². The summed E-state index contributed by atoms with van der Waals surface area (Å²) in [6, 6.07) is 2.00. The summed E-state index contributed by atoms with van der Waals surface area (Å²) in [6.07, 6.45) is 2.95. The van der Waals surface area contributed by atoms with Crippen LogP contribution in [0.4, 0.5) is 0 Å². The van der Waals surface area contributed by atoms with Crippen LogP contribution in [0.1, 0.15) is 17.4 Å². The molecule has 3 heteroatoms. The number of ether oxygens (including phenoxy) is 1. The fraction of sp³-hybridized carbons (Fsp3) is 0.300. The summed E-state index contributed by atoms with van der Waals surface area (Å²) >= 11 is 1.56. The second-order valence-corrected chi connectivity index (χ2v) is 4.22. The molecule has 0 bridgehead atoms. The maximum absolute atomic E-state index is 11.5. The molecule has 0 saturated carbocycles. The van der Waals surface area contributed by atoms with Gasteiger partial charge in [-0.05, 0) is 30.9 Å². The van der Waals surface area contributed by atoms with Crippen molar-refractivity contribution in [2.75, 3.05) is 0 Å². The first-order valence-corrected chi connectivity index (χ1v) is 4.95. The molecule has 2 heterocycles. The molecular formula is C10H10O2S. The lowest BCUT2D eigenvalue weighted by Gasteiger charge is -2.19. The summed E-state index contributed by atoms with van der Waals surface area (Å²) in [5, 5.41) is 2.02. The van der Waals surface area contributed by atoms with Crippen LogP contribution >= 0.6 is 11.3 Å². The summed E-state index contributed by atoms with van der Waals surface area (Å²) in [5.41, 5.74) is 0.406. The highest BCUT2D eigenvalue weighted by Gasteiger charge is 2.39. The maximum Gasteiger partial charge on any atom is 0.207 e. The van der Waals surface area contributed by atoms with Gasteiger partial charge in [-0.25, -0.2) is 0 Å². The monoisotopic (exact) mass is 194 g/mol. The lowest BCUT2D eigenvalue weighted by molar-refractivity contribution is -0.128. The third-order valence-corrected chi connectivity index (χ3v) is 3.45. The highest BCUT2D eigenvalue weighted by atomic mass is 32.1. The zero-order valence-electron chi connectivity index (χ0n) is 7.53. The van der Waals surface area contributed by atoms with Gasteiger partial charge in [-0.1, -0.05) is 0 Å². The summed E-state index contributed by atoms with van der Waals surface area (Å²) in [6.45, 7) is 3.82. The first kappa shape index (κ1) is 8.51. The Bertz CT molecular complexity index is 378. The van der Waals surface area contributed by atoms with Crippen LogP contribution in [0.2, 0.25) is 0 Å². The second-order valence-electron chi connectivity index (χ2n) is 3.31. The molecule has 1 unspecified atom stereocenters. The predicted octanol–water partition coefficient (Wildman–Crippen LogP) is 2.38. The van der Waals surface area contributed by atoms with Crippen molar-refractivity contribution in [3.05, 3.63) is 34.2 Å². The Labute approximate surface area is 80.8 Å². The van der Waals surface area contributed by atoms with Crippen LogP contribution in [0.5, 0.6) is 0 Å². The minimum absolute atomic E-state index is 0.0225. The average Bonchev–Trinajstić information content (AvgIpc) is 2.62. The predicted molar refractivity (Wildman–Crippen MR) is 51.6 cm³/mol. The number of thiophene rings is 1. The van der Waals surface area contributed by atoms with Crippen LogP contribution < -0.4 is 0 Å². The van der Waals surface area contributed by atoms with E-state index in [1.165, 1.54) is 17.9 Å². The minimum Gasteiger partial charge on any atom is -0.481 e. The van der Waals surface area contributed by atoms with E-state index >= 15 is 0 Å². The van der Waals surface area contributed by atoms with Crippen molar-refractivity contribution in [3.8, 4) is 0 Å². The Morgan fingerprint density at radius 3 is 2.77 bits per heavy atom. The first-order valence-electron chi connectivity index (χ1n) is 4.07. The molecule has 0 radical (unpaired) electrons. The van der Waals surface area contributed by atoms with Gasteiger partial charge in [-0.15, -0.1) is 11.3 Å². The van der Waals surface area contributed by atoms with Crippen molar-refractivity contribution in [2.24, 2.45) is 0 Å². The third kappa shape index (κ3) is 1.20. The van der Waals surface area contributed by atoms with Crippen LogP contribution in [-0.4, -0.2) is 5.78 Å². The molecule has 0 aromatic carbocycles. The molecule has 2 rings (SSSR count). The molecule has 1 aromatic rings. The van der Waals surface area contributed by atoms with E-state index in [1.54, 1.807) is 18.3 Å². The maximum atomic E-state index is 11.5. The average molecular weight is 194 g/mol. The second kappa shape index (κ2) is 2.70. The Hall–Kier alpha value is -1.09. The van der Waals surface area contributed by atoms with Crippen LogP contribution in [0, 0.1) is 6.92 Å². The van der Waals surface area contributed by atoms with Crippen LogP contribution in [-0.2, 0) is 15.1 Å². The van der Waals surface area contributed by atoms with Gasteiger partial charge < -0.3 is 4.74 Å². The number of aryl methyl sites for hydroxylation is 1. The molecule has 0 N–H and O–H groups in total. The van der Waals surface area contributed by atoms with Gasteiger partial charge in [0.15, 0.2) is 0 Å². The molecule has 0 spiro atoms. The topological polar surface area (TPSA) is 26.3 Å². The molecule has 1 aliphatic heterocycles. The van der Waals surface area contributed by atoms with E-state index in [9.17, 15) is 4.79 Å². The van der Waals surface area contributed by atoms with E-state index in [0.29, 0.717) is 0 Å². The number of hydrogen-bond acceptors (Lipinski definition) is 3. The standard InChI is InChI=1S/C10H10O2S/c1-7-5-9(13-6-7)10(2)8(11)3-4-12-10/h3-6H,1-2H3. The summed E-state index contributed by atoms with van der Waals surface area (Å²) < 4.78 is 5.33. The lowest BCUT2D eigenvalue weighted by atomic mass is 10.00. The fourth-order valence-electron chi connectivity index (χ4n) is 1.31. The highest BCUT2D eigenvalue weighted by Crippen LogP contribution is 2.35.